The fraction of sp³-hybridized carbons (Fsp3) is 0. The second kappa shape index (κ2) is 10.3. The van der Waals surface area contributed by atoms with E-state index >= 15 is 0 Å². The van der Waals surface area contributed by atoms with Crippen LogP contribution in [-0.4, -0.2) is 14.5 Å². The number of rotatable bonds is 4. The number of fused-ring (bicyclic) bond motifs is 7. The lowest BCUT2D eigenvalue weighted by Gasteiger charge is -2.13. The maximum absolute atomic E-state index is 5.06. The Labute approximate surface area is 260 Å². The molecule has 0 aliphatic carbocycles. The largest absolute Gasteiger partial charge is 0.308 e. The van der Waals surface area contributed by atoms with E-state index in [1.165, 1.54) is 43.4 Å². The summed E-state index contributed by atoms with van der Waals surface area (Å²) >= 11 is 0. The predicted molar refractivity (Wildman–Crippen MR) is 188 cm³/mol. The third kappa shape index (κ3) is 4.21. The molecule has 3 heteroatoms. The Morgan fingerprint density at radius 3 is 1.33 bits per heavy atom. The third-order valence-electron chi connectivity index (χ3n) is 8.79. The van der Waals surface area contributed by atoms with Crippen LogP contribution in [0.3, 0.4) is 0 Å². The summed E-state index contributed by atoms with van der Waals surface area (Å²) in [6.07, 6.45) is 0. The Kier molecular flexibility index (Phi) is 5.82. The summed E-state index contributed by atoms with van der Waals surface area (Å²) in [5.41, 5.74) is 8.48. The van der Waals surface area contributed by atoms with E-state index in [1.54, 1.807) is 0 Å². The van der Waals surface area contributed by atoms with E-state index in [4.69, 9.17) is 9.97 Å². The van der Waals surface area contributed by atoms with Gasteiger partial charge in [-0.3, -0.25) is 0 Å². The number of hydrogen-bond donors (Lipinski definition) is 0. The summed E-state index contributed by atoms with van der Waals surface area (Å²) < 4.78 is 2.44. The first-order valence-electron chi connectivity index (χ1n) is 15.3. The van der Waals surface area contributed by atoms with Crippen molar-refractivity contribution in [1.29, 1.82) is 0 Å². The third-order valence-corrected chi connectivity index (χ3v) is 8.79. The van der Waals surface area contributed by atoms with Gasteiger partial charge in [-0.2, -0.15) is 0 Å². The van der Waals surface area contributed by atoms with E-state index in [0.29, 0.717) is 5.82 Å². The highest BCUT2D eigenvalue weighted by atomic mass is 15.0. The van der Waals surface area contributed by atoms with Crippen LogP contribution in [0.25, 0.3) is 82.9 Å². The topological polar surface area (TPSA) is 30.7 Å². The quantitative estimate of drug-likeness (QED) is 0.210. The number of nitrogens with zero attached hydrogens (tertiary/aromatic N) is 3. The molecule has 0 fully saturated rings. The van der Waals surface area contributed by atoms with Crippen molar-refractivity contribution < 1.29 is 0 Å². The molecule has 0 spiro atoms. The molecule has 0 bridgehead atoms. The fourth-order valence-corrected chi connectivity index (χ4v) is 6.65. The predicted octanol–water partition coefficient (Wildman–Crippen LogP) is 10.9. The molecule has 0 atom stereocenters. The molecule has 0 saturated carbocycles. The van der Waals surface area contributed by atoms with Gasteiger partial charge in [0.2, 0.25) is 0 Å². The van der Waals surface area contributed by atoms with Gasteiger partial charge in [-0.05, 0) is 41.1 Å². The zero-order valence-electron chi connectivity index (χ0n) is 24.4. The zero-order chi connectivity index (χ0) is 29.7. The average molecular weight is 574 g/mol. The van der Waals surface area contributed by atoms with E-state index < -0.39 is 0 Å². The monoisotopic (exact) mass is 573 g/mol. The Hall–Kier alpha value is -6.06. The van der Waals surface area contributed by atoms with Crippen molar-refractivity contribution in [3.8, 4) is 39.6 Å². The summed E-state index contributed by atoms with van der Waals surface area (Å²) in [6, 6.07) is 57.8. The molecule has 0 aliphatic heterocycles. The van der Waals surface area contributed by atoms with Crippen molar-refractivity contribution in [1.82, 2.24) is 14.5 Å². The molecule has 0 radical (unpaired) electrons. The van der Waals surface area contributed by atoms with Gasteiger partial charge in [0.15, 0.2) is 5.82 Å². The van der Waals surface area contributed by atoms with Crippen LogP contribution < -0.4 is 0 Å². The van der Waals surface area contributed by atoms with E-state index in [0.717, 1.165) is 33.8 Å². The Morgan fingerprint density at radius 2 is 0.822 bits per heavy atom. The van der Waals surface area contributed by atoms with Gasteiger partial charge in [-0.25, -0.2) is 9.97 Å². The van der Waals surface area contributed by atoms with Crippen LogP contribution in [0.15, 0.2) is 164 Å². The lowest BCUT2D eigenvalue weighted by Crippen LogP contribution is -1.98. The molecule has 0 saturated heterocycles. The average Bonchev–Trinajstić information content (AvgIpc) is 3.48. The molecule has 9 rings (SSSR count). The van der Waals surface area contributed by atoms with Crippen molar-refractivity contribution in [2.24, 2.45) is 0 Å². The molecule has 3 nitrogen and oxygen atoms in total. The van der Waals surface area contributed by atoms with Gasteiger partial charge in [0.05, 0.1) is 22.4 Å². The minimum Gasteiger partial charge on any atom is -0.308 e. The molecule has 210 valence electrons. The Morgan fingerprint density at radius 1 is 0.356 bits per heavy atom. The molecule has 9 aromatic rings. The number of hydrogen-bond acceptors (Lipinski definition) is 2. The van der Waals surface area contributed by atoms with Gasteiger partial charge < -0.3 is 4.57 Å². The van der Waals surface area contributed by atoms with Crippen LogP contribution in [0.5, 0.6) is 0 Å². The van der Waals surface area contributed by atoms with Gasteiger partial charge in [0, 0.05) is 43.9 Å². The minimum atomic E-state index is 0.708. The highest BCUT2D eigenvalue weighted by Gasteiger charge is 2.18. The van der Waals surface area contributed by atoms with Crippen LogP contribution in [-0.2, 0) is 0 Å². The molecular weight excluding hydrogens is 546 g/mol. The normalized spacial score (nSPS) is 11.6. The number of aromatic nitrogens is 3. The summed E-state index contributed by atoms with van der Waals surface area (Å²) in [6.45, 7) is 0. The molecule has 0 N–H and O–H groups in total. The van der Waals surface area contributed by atoms with E-state index in [2.05, 4.69) is 132 Å². The zero-order valence-corrected chi connectivity index (χ0v) is 24.4. The standard InChI is InChI=1S/C42H27N3/c1-3-13-30(14-4-1)38-27-39(31-15-5-2-6-16-31)44-42(43-38)32-19-23-33(24-20-32)45-40-34-17-9-7-11-28(34)21-25-36(40)37-26-22-29-12-8-10-18-35(29)41(37)45/h1-27H. The van der Waals surface area contributed by atoms with E-state index in [1.807, 2.05) is 36.4 Å². The van der Waals surface area contributed by atoms with Crippen molar-refractivity contribution in [2.75, 3.05) is 0 Å². The Bertz CT molecular complexity index is 2360. The fourth-order valence-electron chi connectivity index (χ4n) is 6.65. The van der Waals surface area contributed by atoms with Crippen molar-refractivity contribution in [2.45, 2.75) is 0 Å². The molecule has 7 aromatic carbocycles. The highest BCUT2D eigenvalue weighted by molar-refractivity contribution is 6.23. The maximum atomic E-state index is 5.06. The van der Waals surface area contributed by atoms with Gasteiger partial charge in [-0.15, -0.1) is 0 Å². The highest BCUT2D eigenvalue weighted by Crippen LogP contribution is 2.40. The van der Waals surface area contributed by atoms with Gasteiger partial charge in [0.25, 0.3) is 0 Å². The molecule has 45 heavy (non-hydrogen) atoms. The molecule has 0 aliphatic rings. The lowest BCUT2D eigenvalue weighted by molar-refractivity contribution is 1.17. The van der Waals surface area contributed by atoms with Gasteiger partial charge in [0.1, 0.15) is 0 Å². The van der Waals surface area contributed by atoms with Crippen LogP contribution >= 0.6 is 0 Å². The summed E-state index contributed by atoms with van der Waals surface area (Å²) in [5.74, 6) is 0.708. The van der Waals surface area contributed by atoms with Crippen molar-refractivity contribution in [3.05, 3.63) is 164 Å². The second-order valence-corrected chi connectivity index (χ2v) is 11.4. The van der Waals surface area contributed by atoms with Crippen molar-refractivity contribution >= 4 is 43.4 Å². The lowest BCUT2D eigenvalue weighted by atomic mass is 10.0. The summed E-state index contributed by atoms with van der Waals surface area (Å²) in [4.78, 5) is 10.1. The molecule has 2 aromatic heterocycles. The first-order valence-corrected chi connectivity index (χ1v) is 15.3. The molecular formula is C42H27N3. The smallest absolute Gasteiger partial charge is 0.160 e. The van der Waals surface area contributed by atoms with E-state index in [-0.39, 0.29) is 0 Å². The van der Waals surface area contributed by atoms with Gasteiger partial charge in [-0.1, -0.05) is 133 Å². The first-order chi connectivity index (χ1) is 22.3. The van der Waals surface area contributed by atoms with Crippen LogP contribution in [0, 0.1) is 0 Å². The van der Waals surface area contributed by atoms with E-state index in [9.17, 15) is 0 Å². The maximum Gasteiger partial charge on any atom is 0.160 e. The summed E-state index contributed by atoms with van der Waals surface area (Å²) in [7, 11) is 0. The number of benzene rings is 7. The van der Waals surface area contributed by atoms with Crippen LogP contribution in [0.2, 0.25) is 0 Å². The minimum absolute atomic E-state index is 0.708. The molecule has 2 heterocycles. The first kappa shape index (κ1) is 25.4. The summed E-state index contributed by atoms with van der Waals surface area (Å²) in [5, 5.41) is 7.45. The molecule has 0 unspecified atom stereocenters. The van der Waals surface area contributed by atoms with Crippen LogP contribution in [0.4, 0.5) is 0 Å². The van der Waals surface area contributed by atoms with Crippen LogP contribution in [0.1, 0.15) is 0 Å². The SMILES string of the molecule is c1ccc(-c2cc(-c3ccccc3)nc(-c3ccc(-n4c5c6ccccc6ccc5c5ccc6ccccc6c54)cc3)n2)cc1. The van der Waals surface area contributed by atoms with Crippen molar-refractivity contribution in [3.63, 3.8) is 0 Å². The van der Waals surface area contributed by atoms with Gasteiger partial charge >= 0.3 is 0 Å². The Balaban J connectivity index is 1.27. The second-order valence-electron chi connectivity index (χ2n) is 11.4. The molecule has 0 amide bonds.